The highest BCUT2D eigenvalue weighted by Gasteiger charge is 2.14. The lowest BCUT2D eigenvalue weighted by molar-refractivity contribution is 0.0522. The zero-order valence-corrected chi connectivity index (χ0v) is 13.5. The molecule has 18 heavy (non-hydrogen) atoms. The number of hydrogen-bond donors (Lipinski definition) is 1. The first-order valence-corrected chi connectivity index (χ1v) is 7.89. The van der Waals surface area contributed by atoms with Gasteiger partial charge in [-0.05, 0) is 49.4 Å². The second-order valence-electron chi connectivity index (χ2n) is 3.06. The Morgan fingerprint density at radius 2 is 2.17 bits per heavy atom. The molecular weight excluding hydrogens is 404 g/mol. The van der Waals surface area contributed by atoms with Crippen molar-refractivity contribution in [2.75, 3.05) is 0 Å². The van der Waals surface area contributed by atoms with E-state index in [1.54, 1.807) is 12.1 Å². The fourth-order valence-corrected chi connectivity index (χ4v) is 3.58. The molecule has 94 valence electrons. The van der Waals surface area contributed by atoms with Crippen LogP contribution >= 0.6 is 54.5 Å². The van der Waals surface area contributed by atoms with E-state index in [-0.39, 0.29) is 5.84 Å². The van der Waals surface area contributed by atoms with Crippen LogP contribution in [0.25, 0.3) is 0 Å². The Morgan fingerprint density at radius 1 is 1.39 bits per heavy atom. The Labute approximate surface area is 128 Å². The summed E-state index contributed by atoms with van der Waals surface area (Å²) in [6.45, 7) is 0. The average molecular weight is 410 g/mol. The highest BCUT2D eigenvalue weighted by atomic mass is 79.9. The largest absolute Gasteiger partial charge is 0.380 e. The van der Waals surface area contributed by atoms with Crippen molar-refractivity contribution in [1.82, 2.24) is 0 Å². The lowest BCUT2D eigenvalue weighted by atomic mass is 10.4. The summed E-state index contributed by atoms with van der Waals surface area (Å²) in [4.78, 5) is 17.7. The Hall–Kier alpha value is -0.700. The molecule has 2 aromatic heterocycles. The molecule has 0 aromatic carbocycles. The van der Waals surface area contributed by atoms with Gasteiger partial charge in [0.05, 0.1) is 8.66 Å². The molecule has 0 spiro atoms. The number of rotatable bonds is 3. The molecule has 0 aliphatic rings. The first kappa shape index (κ1) is 13.7. The Morgan fingerprint density at radius 3 is 2.72 bits per heavy atom. The summed E-state index contributed by atoms with van der Waals surface area (Å²) in [7, 11) is 0. The third kappa shape index (κ3) is 3.19. The summed E-state index contributed by atoms with van der Waals surface area (Å²) in [6.07, 6.45) is 0. The number of carbonyl (C=O) groups excluding carboxylic acids is 1. The van der Waals surface area contributed by atoms with E-state index in [4.69, 9.17) is 10.6 Å². The zero-order chi connectivity index (χ0) is 13.1. The molecule has 0 amide bonds. The van der Waals surface area contributed by atoms with Crippen molar-refractivity contribution < 1.29 is 9.63 Å². The molecule has 0 fully saturated rings. The molecule has 0 bridgehead atoms. The van der Waals surface area contributed by atoms with Crippen molar-refractivity contribution in [3.05, 3.63) is 41.6 Å². The van der Waals surface area contributed by atoms with Crippen LogP contribution in [0, 0.1) is 0 Å². The number of amidine groups is 1. The van der Waals surface area contributed by atoms with E-state index in [1.165, 1.54) is 22.7 Å². The predicted molar refractivity (Wildman–Crippen MR) is 80.2 cm³/mol. The van der Waals surface area contributed by atoms with Gasteiger partial charge in [0, 0.05) is 4.47 Å². The van der Waals surface area contributed by atoms with E-state index in [2.05, 4.69) is 37.0 Å². The molecule has 0 saturated heterocycles. The molecule has 0 unspecified atom stereocenters. The van der Waals surface area contributed by atoms with Gasteiger partial charge in [-0.3, -0.25) is 0 Å². The van der Waals surface area contributed by atoms with Crippen LogP contribution in [-0.4, -0.2) is 11.8 Å². The maximum absolute atomic E-state index is 11.7. The van der Waals surface area contributed by atoms with E-state index in [9.17, 15) is 4.79 Å². The van der Waals surface area contributed by atoms with Crippen LogP contribution in [0.4, 0.5) is 0 Å². The molecule has 8 heteroatoms. The molecule has 2 N–H and O–H groups in total. The molecule has 2 rings (SSSR count). The Kier molecular flexibility index (Phi) is 4.55. The molecule has 0 aliphatic heterocycles. The molecule has 0 atom stereocenters. The number of oxime groups is 1. The van der Waals surface area contributed by atoms with Crippen molar-refractivity contribution in [3.63, 3.8) is 0 Å². The summed E-state index contributed by atoms with van der Waals surface area (Å²) < 4.78 is 1.62. The molecule has 4 nitrogen and oxygen atoms in total. The van der Waals surface area contributed by atoms with Gasteiger partial charge in [0.15, 0.2) is 5.84 Å². The quantitative estimate of drug-likeness (QED) is 0.362. The Bertz CT molecular complexity index is 574. The first-order chi connectivity index (χ1) is 8.58. The van der Waals surface area contributed by atoms with Crippen molar-refractivity contribution >= 4 is 66.3 Å². The second kappa shape index (κ2) is 5.96. The summed E-state index contributed by atoms with van der Waals surface area (Å²) in [5.41, 5.74) is 5.67. The van der Waals surface area contributed by atoms with Crippen molar-refractivity contribution in [2.24, 2.45) is 10.9 Å². The van der Waals surface area contributed by atoms with E-state index in [0.717, 1.165) is 13.1 Å². The predicted octanol–water partition coefficient (Wildman–Crippen LogP) is 3.81. The summed E-state index contributed by atoms with van der Waals surface area (Å²) in [5.74, 6) is -0.348. The second-order valence-corrected chi connectivity index (χ2v) is 7.24. The SMILES string of the molecule is N/C(=N\OC(=O)c1cc(Br)c(Br)s1)c1cccs1. The highest BCUT2D eigenvalue weighted by Crippen LogP contribution is 2.32. The Balaban J connectivity index is 2.06. The van der Waals surface area contributed by atoms with Gasteiger partial charge < -0.3 is 10.6 Å². The lowest BCUT2D eigenvalue weighted by Gasteiger charge is -1.96. The number of hydrogen-bond acceptors (Lipinski definition) is 5. The molecule has 2 heterocycles. The maximum Gasteiger partial charge on any atom is 0.375 e. The minimum Gasteiger partial charge on any atom is -0.380 e. The van der Waals surface area contributed by atoms with E-state index in [1.807, 2.05) is 11.4 Å². The van der Waals surface area contributed by atoms with Gasteiger partial charge in [0.1, 0.15) is 4.88 Å². The third-order valence-corrected chi connectivity index (χ3v) is 5.98. The van der Waals surface area contributed by atoms with Crippen LogP contribution in [0.1, 0.15) is 14.5 Å². The van der Waals surface area contributed by atoms with Gasteiger partial charge in [-0.25, -0.2) is 4.79 Å². The number of halogens is 2. The minimum absolute atomic E-state index is 0.188. The summed E-state index contributed by atoms with van der Waals surface area (Å²) >= 11 is 9.28. The minimum atomic E-state index is -0.536. The van der Waals surface area contributed by atoms with Crippen LogP contribution in [0.2, 0.25) is 0 Å². The molecular formula is C10H6Br2N2O2S2. The van der Waals surface area contributed by atoms with E-state index >= 15 is 0 Å². The average Bonchev–Trinajstić information content (AvgIpc) is 2.97. The van der Waals surface area contributed by atoms with Crippen LogP contribution in [0.3, 0.4) is 0 Å². The number of nitrogens with two attached hydrogens (primary N) is 1. The van der Waals surface area contributed by atoms with Gasteiger partial charge in [0.2, 0.25) is 0 Å². The van der Waals surface area contributed by atoms with Crippen LogP contribution < -0.4 is 5.73 Å². The molecule has 0 radical (unpaired) electrons. The van der Waals surface area contributed by atoms with Crippen molar-refractivity contribution in [1.29, 1.82) is 0 Å². The smallest absolute Gasteiger partial charge is 0.375 e. The van der Waals surface area contributed by atoms with Crippen molar-refractivity contribution in [2.45, 2.75) is 0 Å². The fraction of sp³-hybridized carbons (Fsp3) is 0. The van der Waals surface area contributed by atoms with Gasteiger partial charge in [-0.15, -0.1) is 22.7 Å². The van der Waals surface area contributed by atoms with Gasteiger partial charge in [-0.1, -0.05) is 11.2 Å². The standard InChI is InChI=1S/C10H6Br2N2O2S2/c11-5-4-7(18-8(5)12)10(15)16-14-9(13)6-2-1-3-17-6/h1-4H,(H2,13,14). The fourth-order valence-electron chi connectivity index (χ4n) is 1.05. The van der Waals surface area contributed by atoms with E-state index < -0.39 is 5.97 Å². The zero-order valence-electron chi connectivity index (χ0n) is 8.72. The van der Waals surface area contributed by atoms with Crippen molar-refractivity contribution in [3.8, 4) is 0 Å². The monoisotopic (exact) mass is 408 g/mol. The number of nitrogens with zero attached hydrogens (tertiary/aromatic N) is 1. The molecule has 0 saturated carbocycles. The topological polar surface area (TPSA) is 64.7 Å². The summed E-state index contributed by atoms with van der Waals surface area (Å²) in [6, 6.07) is 5.31. The third-order valence-electron chi connectivity index (χ3n) is 1.85. The first-order valence-electron chi connectivity index (χ1n) is 4.61. The number of carbonyl (C=O) groups is 1. The van der Waals surface area contributed by atoms with Crippen LogP contribution in [0.15, 0.2) is 37.0 Å². The van der Waals surface area contributed by atoms with Gasteiger partial charge in [-0.2, -0.15) is 0 Å². The lowest BCUT2D eigenvalue weighted by Crippen LogP contribution is -2.13. The van der Waals surface area contributed by atoms with Crippen LogP contribution in [-0.2, 0) is 4.84 Å². The normalized spacial score (nSPS) is 11.6. The maximum atomic E-state index is 11.7. The van der Waals surface area contributed by atoms with E-state index in [0.29, 0.717) is 4.88 Å². The molecule has 2 aromatic rings. The molecule has 0 aliphatic carbocycles. The van der Waals surface area contributed by atoms with Crippen LogP contribution in [0.5, 0.6) is 0 Å². The van der Waals surface area contributed by atoms with Gasteiger partial charge in [0.25, 0.3) is 0 Å². The highest BCUT2D eigenvalue weighted by molar-refractivity contribution is 9.13. The number of thiophene rings is 2. The summed E-state index contributed by atoms with van der Waals surface area (Å²) in [5, 5.41) is 5.48. The van der Waals surface area contributed by atoms with Gasteiger partial charge >= 0.3 is 5.97 Å².